The van der Waals surface area contributed by atoms with Gasteiger partial charge in [0, 0.05) is 11.4 Å². The summed E-state index contributed by atoms with van der Waals surface area (Å²) in [6.07, 6.45) is 1.39. The maximum Gasteiger partial charge on any atom is 0.258 e. The van der Waals surface area contributed by atoms with Crippen LogP contribution in [0.2, 0.25) is 0 Å². The fraction of sp³-hybridized carbons (Fsp3) is 0.235. The van der Waals surface area contributed by atoms with Crippen molar-refractivity contribution < 1.29 is 9.53 Å². The number of rotatable bonds is 4. The van der Waals surface area contributed by atoms with Gasteiger partial charge in [-0.25, -0.2) is 9.50 Å². The summed E-state index contributed by atoms with van der Waals surface area (Å²) in [4.78, 5) is 16.7. The van der Waals surface area contributed by atoms with Crippen LogP contribution in [0.3, 0.4) is 0 Å². The minimum atomic E-state index is -0.258. The molecule has 0 saturated carbocycles. The molecule has 24 heavy (non-hydrogen) atoms. The summed E-state index contributed by atoms with van der Waals surface area (Å²) in [7, 11) is 1.59. The molecule has 3 aromatic rings. The summed E-state index contributed by atoms with van der Waals surface area (Å²) in [5.41, 5.74) is 8.51. The van der Waals surface area contributed by atoms with Crippen molar-refractivity contribution in [1.29, 1.82) is 0 Å². The van der Waals surface area contributed by atoms with E-state index in [0.717, 1.165) is 11.4 Å². The summed E-state index contributed by atoms with van der Waals surface area (Å²) in [5.74, 6) is 0.930. The topological polar surface area (TPSA) is 94.5 Å². The third-order valence-corrected chi connectivity index (χ3v) is 3.79. The van der Waals surface area contributed by atoms with Gasteiger partial charge in [-0.3, -0.25) is 4.79 Å². The van der Waals surface area contributed by atoms with Gasteiger partial charge in [0.25, 0.3) is 5.91 Å². The fourth-order valence-corrected chi connectivity index (χ4v) is 2.55. The number of amides is 1. The number of carbonyl (C=O) groups is 1. The Bertz CT molecular complexity index is 884. The van der Waals surface area contributed by atoms with Crippen LogP contribution in [0.5, 0.6) is 5.75 Å². The first kappa shape index (κ1) is 15.8. The van der Waals surface area contributed by atoms with Gasteiger partial charge in [0.15, 0.2) is 5.82 Å². The third-order valence-electron chi connectivity index (χ3n) is 3.79. The van der Waals surface area contributed by atoms with Crippen LogP contribution < -0.4 is 15.8 Å². The second kappa shape index (κ2) is 6.19. The molecule has 3 N–H and O–H groups in total. The number of nitrogens with one attached hydrogen (secondary N) is 1. The van der Waals surface area contributed by atoms with Crippen molar-refractivity contribution in [3.63, 3.8) is 0 Å². The van der Waals surface area contributed by atoms with Crippen LogP contribution in [-0.2, 0) is 0 Å². The number of nitrogens with two attached hydrogens (primary N) is 1. The maximum atomic E-state index is 12.7. The highest BCUT2D eigenvalue weighted by molar-refractivity contribution is 6.10. The largest absolute Gasteiger partial charge is 0.497 e. The lowest BCUT2D eigenvalue weighted by atomic mass is 10.1. The molecule has 2 aromatic heterocycles. The highest BCUT2D eigenvalue weighted by Crippen LogP contribution is 2.26. The Labute approximate surface area is 139 Å². The molecule has 0 radical (unpaired) electrons. The van der Waals surface area contributed by atoms with Gasteiger partial charge >= 0.3 is 0 Å². The lowest BCUT2D eigenvalue weighted by molar-refractivity contribution is 0.102. The lowest BCUT2D eigenvalue weighted by Gasteiger charge is -2.06. The Kier molecular flexibility index (Phi) is 4.07. The zero-order valence-electron chi connectivity index (χ0n) is 13.8. The van der Waals surface area contributed by atoms with Crippen LogP contribution in [0.25, 0.3) is 5.52 Å². The number of carbonyl (C=O) groups excluding carboxylic acids is 1. The van der Waals surface area contributed by atoms with Crippen molar-refractivity contribution in [2.45, 2.75) is 19.8 Å². The van der Waals surface area contributed by atoms with E-state index in [-0.39, 0.29) is 17.6 Å². The van der Waals surface area contributed by atoms with Gasteiger partial charge in [0.1, 0.15) is 17.6 Å². The van der Waals surface area contributed by atoms with Gasteiger partial charge < -0.3 is 15.8 Å². The Balaban J connectivity index is 2.00. The number of aromatic nitrogens is 3. The van der Waals surface area contributed by atoms with E-state index in [1.54, 1.807) is 35.9 Å². The summed E-state index contributed by atoms with van der Waals surface area (Å²) < 4.78 is 6.79. The number of ether oxygens (including phenoxy) is 1. The number of nitrogens with zero attached hydrogens (tertiary/aromatic N) is 3. The number of anilines is 2. The smallest absolute Gasteiger partial charge is 0.258 e. The number of fused-ring (bicyclic) bond motifs is 1. The van der Waals surface area contributed by atoms with Crippen LogP contribution in [0, 0.1) is 0 Å². The first-order chi connectivity index (χ1) is 11.5. The van der Waals surface area contributed by atoms with Crippen LogP contribution in [0.1, 0.15) is 35.8 Å². The Morgan fingerprint density at radius 3 is 2.62 bits per heavy atom. The SMILES string of the molecule is COc1ccc(NC(=O)c2cc(C(C)C)n3ncnc(N)c23)cc1. The van der Waals surface area contributed by atoms with Crippen molar-refractivity contribution in [3.05, 3.63) is 47.9 Å². The molecule has 2 heterocycles. The van der Waals surface area contributed by atoms with Crippen LogP contribution in [0.4, 0.5) is 11.5 Å². The van der Waals surface area contributed by atoms with E-state index in [0.29, 0.717) is 16.8 Å². The molecule has 0 aliphatic heterocycles. The van der Waals surface area contributed by atoms with Crippen molar-refractivity contribution in [1.82, 2.24) is 14.6 Å². The van der Waals surface area contributed by atoms with E-state index >= 15 is 0 Å². The second-order valence-electron chi connectivity index (χ2n) is 5.73. The molecular formula is C17H19N5O2. The van der Waals surface area contributed by atoms with E-state index in [2.05, 4.69) is 15.4 Å². The average Bonchev–Trinajstić information content (AvgIpc) is 2.97. The van der Waals surface area contributed by atoms with Crippen molar-refractivity contribution >= 4 is 22.9 Å². The first-order valence-electron chi connectivity index (χ1n) is 7.58. The normalized spacial score (nSPS) is 11.0. The Morgan fingerprint density at radius 2 is 2.00 bits per heavy atom. The maximum absolute atomic E-state index is 12.7. The van der Waals surface area contributed by atoms with Crippen molar-refractivity contribution in [2.24, 2.45) is 0 Å². The molecule has 0 spiro atoms. The minimum Gasteiger partial charge on any atom is -0.497 e. The number of hydrogen-bond donors (Lipinski definition) is 2. The van der Waals surface area contributed by atoms with E-state index in [9.17, 15) is 4.79 Å². The van der Waals surface area contributed by atoms with Gasteiger partial charge in [0.2, 0.25) is 0 Å². The molecule has 0 unspecified atom stereocenters. The molecule has 3 rings (SSSR count). The molecular weight excluding hydrogens is 306 g/mol. The molecule has 0 atom stereocenters. The van der Waals surface area contributed by atoms with Crippen molar-refractivity contribution in [2.75, 3.05) is 18.2 Å². The van der Waals surface area contributed by atoms with Gasteiger partial charge in [-0.05, 0) is 36.2 Å². The zero-order chi connectivity index (χ0) is 17.3. The van der Waals surface area contributed by atoms with Gasteiger partial charge in [-0.1, -0.05) is 13.8 Å². The van der Waals surface area contributed by atoms with E-state index in [1.807, 2.05) is 19.9 Å². The van der Waals surface area contributed by atoms with Crippen LogP contribution in [0.15, 0.2) is 36.7 Å². The first-order valence-corrected chi connectivity index (χ1v) is 7.58. The van der Waals surface area contributed by atoms with E-state index in [4.69, 9.17) is 10.5 Å². The average molecular weight is 325 g/mol. The predicted molar refractivity (Wildman–Crippen MR) is 92.4 cm³/mol. The summed E-state index contributed by atoms with van der Waals surface area (Å²) >= 11 is 0. The standard InChI is InChI=1S/C17H19N5O2/c1-10(2)14-8-13(15-16(18)19-9-20-22(14)15)17(23)21-11-4-6-12(24-3)7-5-11/h4-10H,1-3H3,(H,21,23)(H2,18,19,20). The Hall–Kier alpha value is -3.09. The minimum absolute atomic E-state index is 0.189. The van der Waals surface area contributed by atoms with Gasteiger partial charge in [-0.15, -0.1) is 0 Å². The third kappa shape index (κ3) is 2.76. The highest BCUT2D eigenvalue weighted by atomic mass is 16.5. The van der Waals surface area contributed by atoms with E-state index in [1.165, 1.54) is 6.33 Å². The molecule has 0 bridgehead atoms. The summed E-state index contributed by atoms with van der Waals surface area (Å²) in [6.45, 7) is 4.07. The Morgan fingerprint density at radius 1 is 1.29 bits per heavy atom. The van der Waals surface area contributed by atoms with Gasteiger partial charge in [0.05, 0.1) is 12.7 Å². The summed E-state index contributed by atoms with van der Waals surface area (Å²) in [6, 6.07) is 8.93. The molecule has 1 amide bonds. The van der Waals surface area contributed by atoms with Crippen LogP contribution in [-0.4, -0.2) is 27.6 Å². The number of hydrogen-bond acceptors (Lipinski definition) is 5. The molecule has 0 fully saturated rings. The predicted octanol–water partition coefficient (Wildman–Crippen LogP) is 2.70. The molecule has 1 aromatic carbocycles. The van der Waals surface area contributed by atoms with Crippen molar-refractivity contribution in [3.8, 4) is 5.75 Å². The number of nitrogen functional groups attached to an aromatic ring is 1. The highest BCUT2D eigenvalue weighted by Gasteiger charge is 2.20. The lowest BCUT2D eigenvalue weighted by Crippen LogP contribution is -2.12. The molecule has 0 aliphatic carbocycles. The number of methoxy groups -OCH3 is 1. The summed E-state index contributed by atoms with van der Waals surface area (Å²) in [5, 5.41) is 7.09. The molecule has 124 valence electrons. The zero-order valence-corrected chi connectivity index (χ0v) is 13.8. The van der Waals surface area contributed by atoms with Crippen LogP contribution >= 0.6 is 0 Å². The molecule has 0 saturated heterocycles. The number of benzene rings is 1. The molecule has 7 heteroatoms. The quantitative estimate of drug-likeness (QED) is 0.769. The second-order valence-corrected chi connectivity index (χ2v) is 5.73. The molecule has 0 aliphatic rings. The van der Waals surface area contributed by atoms with E-state index < -0.39 is 0 Å². The monoisotopic (exact) mass is 325 g/mol. The molecule has 7 nitrogen and oxygen atoms in total. The fourth-order valence-electron chi connectivity index (χ4n) is 2.55. The van der Waals surface area contributed by atoms with Gasteiger partial charge in [-0.2, -0.15) is 5.10 Å².